The first-order valence-corrected chi connectivity index (χ1v) is 13.0. The molecule has 2 bridgehead atoms. The van der Waals surface area contributed by atoms with Gasteiger partial charge in [-0.3, -0.25) is 9.59 Å². The summed E-state index contributed by atoms with van der Waals surface area (Å²) in [5.74, 6) is 0.190. The van der Waals surface area contributed by atoms with E-state index in [-0.39, 0.29) is 24.0 Å². The molecule has 3 aliphatic rings. The maximum atomic E-state index is 13.3. The van der Waals surface area contributed by atoms with Gasteiger partial charge in [0, 0.05) is 36.0 Å². The summed E-state index contributed by atoms with van der Waals surface area (Å²) in [5, 5.41) is 3.59. The largest absolute Gasteiger partial charge is 0.383 e. The van der Waals surface area contributed by atoms with Crippen molar-refractivity contribution in [2.75, 3.05) is 24.2 Å². The summed E-state index contributed by atoms with van der Waals surface area (Å²) in [6, 6.07) is 15.4. The van der Waals surface area contributed by atoms with Crippen molar-refractivity contribution in [1.82, 2.24) is 19.4 Å². The lowest BCUT2D eigenvalue weighted by Crippen LogP contribution is -2.56. The summed E-state index contributed by atoms with van der Waals surface area (Å²) in [6.07, 6.45) is 3.60. The molecule has 39 heavy (non-hydrogen) atoms. The highest BCUT2D eigenvalue weighted by Crippen LogP contribution is 2.42. The van der Waals surface area contributed by atoms with Gasteiger partial charge in [0.15, 0.2) is 0 Å². The van der Waals surface area contributed by atoms with E-state index in [2.05, 4.69) is 21.9 Å². The van der Waals surface area contributed by atoms with E-state index in [4.69, 9.17) is 10.5 Å². The molecule has 3 fully saturated rings. The number of carbonyl (C=O) groups excluding carboxylic acids is 2. The molecule has 2 amide bonds. The maximum absolute atomic E-state index is 13.3. The molecule has 3 aliphatic heterocycles. The summed E-state index contributed by atoms with van der Waals surface area (Å²) in [6.45, 7) is 6.62. The van der Waals surface area contributed by atoms with Crippen LogP contribution in [0.15, 0.2) is 67.0 Å². The fourth-order valence-corrected chi connectivity index (χ4v) is 5.59. The van der Waals surface area contributed by atoms with E-state index in [0.717, 1.165) is 40.6 Å². The molecule has 7 rings (SSSR count). The van der Waals surface area contributed by atoms with Crippen LogP contribution in [0.1, 0.15) is 30.1 Å². The average Bonchev–Trinajstić information content (AvgIpc) is 3.27. The van der Waals surface area contributed by atoms with Crippen LogP contribution in [0.2, 0.25) is 0 Å². The minimum Gasteiger partial charge on any atom is -0.383 e. The highest BCUT2D eigenvalue weighted by Gasteiger charge is 2.37. The topological polar surface area (TPSA) is 115 Å². The van der Waals surface area contributed by atoms with Gasteiger partial charge in [0.1, 0.15) is 17.8 Å². The fourth-order valence-electron chi connectivity index (χ4n) is 5.59. The molecular formula is C30H30N6O3. The highest BCUT2D eigenvalue weighted by molar-refractivity contribution is 6.08. The predicted octanol–water partition coefficient (Wildman–Crippen LogP) is 4.40. The molecule has 0 aliphatic carbocycles. The van der Waals surface area contributed by atoms with Gasteiger partial charge in [-0.2, -0.15) is 0 Å². The number of ether oxygens (including phenoxy) is 1. The lowest BCUT2D eigenvalue weighted by atomic mass is 9.95. The zero-order valence-electron chi connectivity index (χ0n) is 22.0. The Morgan fingerprint density at radius 3 is 2.38 bits per heavy atom. The first-order valence-electron chi connectivity index (χ1n) is 13.0. The summed E-state index contributed by atoms with van der Waals surface area (Å²) >= 11 is 0. The second-order valence-electron chi connectivity index (χ2n) is 10.3. The number of nitrogens with two attached hydrogens (primary N) is 1. The third-order valence-electron chi connectivity index (χ3n) is 7.67. The predicted molar refractivity (Wildman–Crippen MR) is 151 cm³/mol. The number of rotatable bonds is 5. The number of nitrogen functional groups attached to an aromatic ring is 1. The number of nitrogens with one attached hydrogen (secondary N) is 1. The third kappa shape index (κ3) is 4.34. The van der Waals surface area contributed by atoms with Crippen LogP contribution < -0.4 is 11.1 Å². The molecule has 9 nitrogen and oxygen atoms in total. The van der Waals surface area contributed by atoms with Gasteiger partial charge >= 0.3 is 0 Å². The number of hydrogen-bond donors (Lipinski definition) is 2. The number of aromatic nitrogens is 3. The average molecular weight is 523 g/mol. The number of amides is 2. The molecule has 9 heteroatoms. The van der Waals surface area contributed by atoms with Crippen LogP contribution in [0.25, 0.3) is 33.4 Å². The van der Waals surface area contributed by atoms with Gasteiger partial charge in [-0.05, 0) is 55.2 Å². The van der Waals surface area contributed by atoms with Crippen LogP contribution in [0.4, 0.5) is 11.5 Å². The van der Waals surface area contributed by atoms with Gasteiger partial charge in [0.05, 0.1) is 29.8 Å². The number of anilines is 2. The molecule has 0 radical (unpaired) electrons. The van der Waals surface area contributed by atoms with Gasteiger partial charge in [-0.25, -0.2) is 9.97 Å². The lowest BCUT2D eigenvalue weighted by molar-refractivity contribution is -0.112. The quantitative estimate of drug-likeness (QED) is 0.376. The van der Waals surface area contributed by atoms with Crippen molar-refractivity contribution in [3.8, 4) is 22.4 Å². The van der Waals surface area contributed by atoms with Crippen molar-refractivity contribution in [1.29, 1.82) is 0 Å². The number of morpholine rings is 1. The van der Waals surface area contributed by atoms with E-state index < -0.39 is 0 Å². The SMILES string of the molecule is C=C(C)C(=O)Nc1ccc(-c2c(-c3ccc(C(=O)N4CC5CCC4CO5)cc3)c3c(N)ncnc3n2C)cc1. The molecule has 5 heterocycles. The van der Waals surface area contributed by atoms with Crippen LogP contribution in [-0.4, -0.2) is 56.5 Å². The Morgan fingerprint density at radius 2 is 1.77 bits per heavy atom. The smallest absolute Gasteiger partial charge is 0.254 e. The van der Waals surface area contributed by atoms with Crippen LogP contribution in [0, 0.1) is 0 Å². The number of carbonyl (C=O) groups is 2. The van der Waals surface area contributed by atoms with Crippen molar-refractivity contribution < 1.29 is 14.3 Å². The van der Waals surface area contributed by atoms with E-state index in [1.165, 1.54) is 6.33 Å². The summed E-state index contributed by atoms with van der Waals surface area (Å²) < 4.78 is 7.77. The number of nitrogens with zero attached hydrogens (tertiary/aromatic N) is 4. The van der Waals surface area contributed by atoms with E-state index in [9.17, 15) is 9.59 Å². The van der Waals surface area contributed by atoms with Gasteiger partial charge < -0.3 is 25.3 Å². The van der Waals surface area contributed by atoms with Gasteiger partial charge in [0.2, 0.25) is 0 Å². The summed E-state index contributed by atoms with van der Waals surface area (Å²) in [5.41, 5.74) is 12.4. The fraction of sp³-hybridized carbons (Fsp3) is 0.267. The zero-order valence-corrected chi connectivity index (χ0v) is 22.0. The van der Waals surface area contributed by atoms with Crippen LogP contribution in [-0.2, 0) is 16.6 Å². The van der Waals surface area contributed by atoms with Crippen molar-refractivity contribution >= 4 is 34.4 Å². The van der Waals surface area contributed by atoms with Crippen molar-refractivity contribution in [2.45, 2.75) is 31.9 Å². The molecule has 2 unspecified atom stereocenters. The first-order chi connectivity index (χ1) is 18.8. The summed E-state index contributed by atoms with van der Waals surface area (Å²) in [4.78, 5) is 36.1. The minimum absolute atomic E-state index is 0.0351. The maximum Gasteiger partial charge on any atom is 0.254 e. The standard InChI is InChI=1S/C30H30N6O3/c1-17(2)29(37)34-21-10-8-19(9-11-21)26-24(25-27(31)32-16-33-28(25)35(26)3)18-4-6-20(7-5-18)30(38)36-14-23-13-12-22(36)15-39-23/h4-11,16,22-23H,1,12-15H2,2-3H3,(H,34,37)(H2,31,32,33). The number of fused-ring (bicyclic) bond motifs is 4. The third-order valence-corrected chi connectivity index (χ3v) is 7.67. The molecule has 2 aromatic heterocycles. The lowest BCUT2D eigenvalue weighted by Gasteiger charge is -2.45. The molecule has 198 valence electrons. The van der Waals surface area contributed by atoms with Gasteiger partial charge in [0.25, 0.3) is 11.8 Å². The van der Waals surface area contributed by atoms with Crippen molar-refractivity contribution in [2.24, 2.45) is 7.05 Å². The zero-order chi connectivity index (χ0) is 27.3. The second kappa shape index (κ2) is 9.67. The van der Waals surface area contributed by atoms with E-state index in [1.807, 2.05) is 65.0 Å². The normalized spacial score (nSPS) is 18.4. The molecular weight excluding hydrogens is 492 g/mol. The minimum atomic E-state index is -0.226. The number of hydrogen-bond acceptors (Lipinski definition) is 6. The van der Waals surface area contributed by atoms with Crippen molar-refractivity contribution in [3.05, 3.63) is 72.6 Å². The molecule has 2 atom stereocenters. The number of aryl methyl sites for hydroxylation is 1. The van der Waals surface area contributed by atoms with E-state index in [0.29, 0.717) is 41.4 Å². The monoisotopic (exact) mass is 522 g/mol. The number of piperidine rings is 1. The Hall–Kier alpha value is -4.50. The first kappa shape index (κ1) is 24.8. The van der Waals surface area contributed by atoms with Crippen LogP contribution in [0.3, 0.4) is 0 Å². The van der Waals surface area contributed by atoms with Gasteiger partial charge in [-0.1, -0.05) is 30.8 Å². The van der Waals surface area contributed by atoms with Crippen LogP contribution >= 0.6 is 0 Å². The molecule has 3 saturated heterocycles. The Balaban J connectivity index is 1.39. The van der Waals surface area contributed by atoms with Crippen molar-refractivity contribution in [3.63, 3.8) is 0 Å². The van der Waals surface area contributed by atoms with E-state index >= 15 is 0 Å². The second-order valence-corrected chi connectivity index (χ2v) is 10.3. The Labute approximate surface area is 226 Å². The Morgan fingerprint density at radius 1 is 1.05 bits per heavy atom. The number of benzene rings is 2. The highest BCUT2D eigenvalue weighted by atomic mass is 16.5. The molecule has 0 spiro atoms. The summed E-state index contributed by atoms with van der Waals surface area (Å²) in [7, 11) is 1.94. The molecule has 0 saturated carbocycles. The Kier molecular flexibility index (Phi) is 6.15. The van der Waals surface area contributed by atoms with E-state index in [1.54, 1.807) is 6.92 Å². The van der Waals surface area contributed by atoms with Gasteiger partial charge in [-0.15, -0.1) is 0 Å². The molecule has 3 N–H and O–H groups in total. The molecule has 2 aromatic carbocycles. The molecule has 4 aromatic rings. The van der Waals surface area contributed by atoms with Crippen LogP contribution in [0.5, 0.6) is 0 Å². The Bertz CT molecular complexity index is 1600.